The molecular formula is C34H40FN5O3Si. The molecule has 0 saturated heterocycles. The van der Waals surface area contributed by atoms with Crippen molar-refractivity contribution in [3.63, 3.8) is 0 Å². The number of para-hydroxylation sites is 1. The van der Waals surface area contributed by atoms with Gasteiger partial charge < -0.3 is 19.4 Å². The van der Waals surface area contributed by atoms with Crippen molar-refractivity contribution in [2.24, 2.45) is 0 Å². The SMILES string of the molecule is CC(C)(C)c1cc(NC(=O)Cc2ccc(Oc3ccnc4c3ccn4COCC[Si](C)(C)C)cc2F)n(-c2ccccc2)n1. The number of nitrogens with zero attached hydrogens (tertiary/aromatic N) is 4. The molecule has 3 heterocycles. The van der Waals surface area contributed by atoms with E-state index in [0.717, 1.165) is 28.5 Å². The van der Waals surface area contributed by atoms with Crippen molar-refractivity contribution >= 4 is 30.8 Å². The number of ether oxygens (including phenoxy) is 2. The lowest BCUT2D eigenvalue weighted by atomic mass is 9.92. The summed E-state index contributed by atoms with van der Waals surface area (Å²) >= 11 is 0. The first-order chi connectivity index (χ1) is 20.9. The van der Waals surface area contributed by atoms with Gasteiger partial charge >= 0.3 is 0 Å². The molecule has 0 fully saturated rings. The predicted octanol–water partition coefficient (Wildman–Crippen LogP) is 7.94. The summed E-state index contributed by atoms with van der Waals surface area (Å²) < 4.78 is 30.8. The normalized spacial score (nSPS) is 12.1. The number of pyridine rings is 1. The molecule has 0 radical (unpaired) electrons. The number of nitrogens with one attached hydrogen (secondary N) is 1. The summed E-state index contributed by atoms with van der Waals surface area (Å²) in [5.74, 6) is 0.545. The molecule has 3 aromatic heterocycles. The average molecular weight is 614 g/mol. The van der Waals surface area contributed by atoms with E-state index in [4.69, 9.17) is 14.6 Å². The summed E-state index contributed by atoms with van der Waals surface area (Å²) in [5.41, 5.74) is 2.43. The molecule has 0 aliphatic rings. The van der Waals surface area contributed by atoms with Gasteiger partial charge in [0.25, 0.3) is 0 Å². The third-order valence-corrected chi connectivity index (χ3v) is 8.90. The van der Waals surface area contributed by atoms with Gasteiger partial charge in [-0.05, 0) is 41.9 Å². The second-order valence-electron chi connectivity index (χ2n) is 13.2. The first kappa shape index (κ1) is 31.2. The first-order valence-corrected chi connectivity index (χ1v) is 18.5. The molecule has 5 rings (SSSR count). The highest BCUT2D eigenvalue weighted by molar-refractivity contribution is 6.76. The summed E-state index contributed by atoms with van der Waals surface area (Å²) in [6.45, 7) is 14.3. The Kier molecular flexibility index (Phi) is 9.03. The highest BCUT2D eigenvalue weighted by atomic mass is 28.3. The molecule has 1 N–H and O–H groups in total. The van der Waals surface area contributed by atoms with Crippen LogP contribution < -0.4 is 10.1 Å². The minimum atomic E-state index is -1.17. The fourth-order valence-corrected chi connectivity index (χ4v) is 5.38. The maximum atomic E-state index is 15.2. The van der Waals surface area contributed by atoms with E-state index in [1.165, 1.54) is 6.07 Å². The Morgan fingerprint density at radius 3 is 2.50 bits per heavy atom. The van der Waals surface area contributed by atoms with Crippen LogP contribution in [-0.2, 0) is 28.1 Å². The molecule has 44 heavy (non-hydrogen) atoms. The maximum absolute atomic E-state index is 15.2. The zero-order valence-electron chi connectivity index (χ0n) is 26.2. The summed E-state index contributed by atoms with van der Waals surface area (Å²) in [4.78, 5) is 17.6. The van der Waals surface area contributed by atoms with Crippen molar-refractivity contribution in [2.75, 3.05) is 11.9 Å². The van der Waals surface area contributed by atoms with E-state index < -0.39 is 13.9 Å². The largest absolute Gasteiger partial charge is 0.456 e. The van der Waals surface area contributed by atoms with Gasteiger partial charge in [-0.25, -0.2) is 14.1 Å². The number of carbonyl (C=O) groups is 1. The highest BCUT2D eigenvalue weighted by Gasteiger charge is 2.22. The molecule has 1 amide bonds. The summed E-state index contributed by atoms with van der Waals surface area (Å²) in [7, 11) is -1.17. The average Bonchev–Trinajstić information content (AvgIpc) is 3.58. The number of halogens is 1. The van der Waals surface area contributed by atoms with Crippen molar-refractivity contribution in [2.45, 2.75) is 65.0 Å². The van der Waals surface area contributed by atoms with Gasteiger partial charge in [0.1, 0.15) is 35.5 Å². The Labute approximate surface area is 258 Å². The lowest BCUT2D eigenvalue weighted by molar-refractivity contribution is -0.115. The second kappa shape index (κ2) is 12.8. The van der Waals surface area contributed by atoms with E-state index in [2.05, 4.69) is 50.7 Å². The molecule has 0 spiro atoms. The van der Waals surface area contributed by atoms with Gasteiger partial charge in [-0.15, -0.1) is 0 Å². The number of anilines is 1. The zero-order chi connectivity index (χ0) is 31.5. The van der Waals surface area contributed by atoms with Gasteiger partial charge in [0.05, 0.1) is 23.2 Å². The number of amides is 1. The third kappa shape index (κ3) is 7.61. The summed E-state index contributed by atoms with van der Waals surface area (Å²) in [6, 6.07) is 20.8. The number of aromatic nitrogens is 4. The minimum absolute atomic E-state index is 0.142. The molecule has 0 bridgehead atoms. The Morgan fingerprint density at radius 1 is 1.02 bits per heavy atom. The van der Waals surface area contributed by atoms with Crippen LogP contribution in [0.1, 0.15) is 32.0 Å². The number of fused-ring (bicyclic) bond motifs is 1. The smallest absolute Gasteiger partial charge is 0.230 e. The monoisotopic (exact) mass is 613 g/mol. The lowest BCUT2D eigenvalue weighted by Crippen LogP contribution is -2.22. The predicted molar refractivity (Wildman–Crippen MR) is 175 cm³/mol. The van der Waals surface area contributed by atoms with Gasteiger partial charge in [-0.1, -0.05) is 64.7 Å². The van der Waals surface area contributed by atoms with Crippen molar-refractivity contribution in [1.29, 1.82) is 0 Å². The van der Waals surface area contributed by atoms with Crippen LogP contribution in [0.3, 0.4) is 0 Å². The Balaban J connectivity index is 1.26. The van der Waals surface area contributed by atoms with Crippen molar-refractivity contribution in [1.82, 2.24) is 19.3 Å². The fraction of sp³-hybridized carbons (Fsp3) is 0.324. The molecule has 0 aliphatic carbocycles. The quantitative estimate of drug-likeness (QED) is 0.121. The van der Waals surface area contributed by atoms with Gasteiger partial charge in [0, 0.05) is 44.6 Å². The molecule has 5 aromatic rings. The van der Waals surface area contributed by atoms with Crippen molar-refractivity contribution in [3.8, 4) is 17.2 Å². The van der Waals surface area contributed by atoms with E-state index in [1.807, 2.05) is 53.2 Å². The van der Waals surface area contributed by atoms with Gasteiger partial charge in [-0.2, -0.15) is 5.10 Å². The minimum Gasteiger partial charge on any atom is -0.456 e. The Morgan fingerprint density at radius 2 is 1.80 bits per heavy atom. The molecule has 0 unspecified atom stereocenters. The standard InChI is InChI=1S/C34H40FN5O3Si/c1-34(2,3)30-22-31(40(38-30)25-10-8-7-9-11-25)37-32(41)20-24-12-13-26(21-28(24)35)43-29-14-16-36-33-27(29)15-17-39(33)23-42-18-19-44(4,5)6/h7-17,21-22H,18-20,23H2,1-6H3,(H,37,41). The molecule has 0 saturated carbocycles. The summed E-state index contributed by atoms with van der Waals surface area (Å²) in [5, 5.41) is 8.46. The van der Waals surface area contributed by atoms with E-state index in [1.54, 1.807) is 29.1 Å². The van der Waals surface area contributed by atoms with E-state index in [9.17, 15) is 4.79 Å². The van der Waals surface area contributed by atoms with Crippen molar-refractivity contribution < 1.29 is 18.7 Å². The zero-order valence-corrected chi connectivity index (χ0v) is 27.2. The molecule has 0 aliphatic heterocycles. The van der Waals surface area contributed by atoms with Crippen LogP contribution in [0.2, 0.25) is 25.7 Å². The highest BCUT2D eigenvalue weighted by Crippen LogP contribution is 2.31. The van der Waals surface area contributed by atoms with Crippen molar-refractivity contribution in [3.05, 3.63) is 96.2 Å². The van der Waals surface area contributed by atoms with Crippen LogP contribution in [0.25, 0.3) is 16.7 Å². The first-order valence-electron chi connectivity index (χ1n) is 14.8. The van der Waals surface area contributed by atoms with Gasteiger partial charge in [-0.3, -0.25) is 4.79 Å². The van der Waals surface area contributed by atoms with E-state index >= 15 is 4.39 Å². The lowest BCUT2D eigenvalue weighted by Gasteiger charge is -2.15. The maximum Gasteiger partial charge on any atom is 0.230 e. The molecule has 2 aromatic carbocycles. The summed E-state index contributed by atoms with van der Waals surface area (Å²) in [6.07, 6.45) is 3.43. The number of hydrogen-bond donors (Lipinski definition) is 1. The van der Waals surface area contributed by atoms with Crippen LogP contribution in [0.5, 0.6) is 11.5 Å². The number of rotatable bonds is 11. The number of hydrogen-bond acceptors (Lipinski definition) is 5. The number of benzene rings is 2. The number of carbonyl (C=O) groups excluding carboxylic acids is 1. The van der Waals surface area contributed by atoms with E-state index in [0.29, 0.717) is 30.7 Å². The molecule has 8 nitrogen and oxygen atoms in total. The van der Waals surface area contributed by atoms with Crippen LogP contribution in [0, 0.1) is 5.82 Å². The van der Waals surface area contributed by atoms with E-state index in [-0.39, 0.29) is 23.3 Å². The topological polar surface area (TPSA) is 83.2 Å². The van der Waals surface area contributed by atoms with Crippen LogP contribution >= 0.6 is 0 Å². The third-order valence-electron chi connectivity index (χ3n) is 7.20. The fourth-order valence-electron chi connectivity index (χ4n) is 4.62. The molecule has 0 atom stereocenters. The van der Waals surface area contributed by atoms with Gasteiger partial charge in [0.2, 0.25) is 5.91 Å². The second-order valence-corrected chi connectivity index (χ2v) is 18.8. The Bertz CT molecular complexity index is 1750. The van der Waals surface area contributed by atoms with Crippen LogP contribution in [0.4, 0.5) is 10.2 Å². The molecule has 230 valence electrons. The van der Waals surface area contributed by atoms with Crippen LogP contribution in [0.15, 0.2) is 79.1 Å². The molecular weight excluding hydrogens is 573 g/mol. The molecule has 10 heteroatoms. The van der Waals surface area contributed by atoms with Gasteiger partial charge in [0.15, 0.2) is 0 Å². The van der Waals surface area contributed by atoms with Crippen LogP contribution in [-0.4, -0.2) is 39.9 Å². The Hall–Kier alpha value is -4.28.